The Hall–Kier alpha value is -1.70. The molecule has 2 aliphatic rings. The maximum absolute atomic E-state index is 3.59. The molecule has 0 amide bonds. The maximum Gasteiger partial charge on any atom is 0.0879 e. The highest BCUT2D eigenvalue weighted by Crippen LogP contribution is 2.40. The van der Waals surface area contributed by atoms with E-state index in [1.165, 1.54) is 41.4 Å². The minimum Gasteiger partial charge on any atom is -0.367 e. The van der Waals surface area contributed by atoms with E-state index in [4.69, 9.17) is 0 Å². The zero-order valence-electron chi connectivity index (χ0n) is 11.4. The average Bonchev–Trinajstić information content (AvgIpc) is 2.86. The van der Waals surface area contributed by atoms with Crippen LogP contribution in [0.5, 0.6) is 0 Å². The number of anilines is 2. The second-order valence-electron chi connectivity index (χ2n) is 6.06. The van der Waals surface area contributed by atoms with Crippen molar-refractivity contribution >= 4 is 22.1 Å². The lowest BCUT2D eigenvalue weighted by atomic mass is 10.0. The van der Waals surface area contributed by atoms with E-state index in [1.807, 2.05) is 0 Å². The van der Waals surface area contributed by atoms with E-state index in [-0.39, 0.29) is 0 Å². The van der Waals surface area contributed by atoms with Gasteiger partial charge in [-0.15, -0.1) is 0 Å². The van der Waals surface area contributed by atoms with Gasteiger partial charge < -0.3 is 10.2 Å². The van der Waals surface area contributed by atoms with Crippen molar-refractivity contribution in [1.82, 2.24) is 0 Å². The second kappa shape index (κ2) is 4.16. The van der Waals surface area contributed by atoms with Gasteiger partial charge in [-0.1, -0.05) is 31.2 Å². The predicted octanol–water partition coefficient (Wildman–Crippen LogP) is 4.22. The molecule has 0 spiro atoms. The van der Waals surface area contributed by atoms with Crippen LogP contribution in [0.15, 0.2) is 36.4 Å². The second-order valence-corrected chi connectivity index (χ2v) is 6.06. The summed E-state index contributed by atoms with van der Waals surface area (Å²) in [6, 6.07) is 14.0. The lowest BCUT2D eigenvalue weighted by molar-refractivity contribution is 0.570. The number of nitrogens with one attached hydrogen (secondary N) is 1. The molecule has 98 valence electrons. The van der Waals surface area contributed by atoms with Gasteiger partial charge in [-0.2, -0.15) is 0 Å². The standard InChI is InChI=1S/C17H20N2/c1-12-8-9-14(10-12)19-11-18-15-6-2-4-13-5-3-7-16(19)17(13)15/h2-7,12,14,18H,8-11H2,1H3. The van der Waals surface area contributed by atoms with Crippen LogP contribution < -0.4 is 10.2 Å². The van der Waals surface area contributed by atoms with Crippen LogP contribution in [0.25, 0.3) is 10.8 Å². The topological polar surface area (TPSA) is 15.3 Å². The fraction of sp³-hybridized carbons (Fsp3) is 0.412. The lowest BCUT2D eigenvalue weighted by Crippen LogP contribution is -2.39. The third-order valence-electron chi connectivity index (χ3n) is 4.74. The molecule has 0 bridgehead atoms. The number of benzene rings is 2. The Balaban J connectivity index is 1.83. The normalized spacial score (nSPS) is 25.6. The van der Waals surface area contributed by atoms with Gasteiger partial charge in [0.2, 0.25) is 0 Å². The van der Waals surface area contributed by atoms with E-state index in [0.29, 0.717) is 6.04 Å². The Morgan fingerprint density at radius 1 is 1.11 bits per heavy atom. The van der Waals surface area contributed by atoms with Crippen LogP contribution >= 0.6 is 0 Å². The van der Waals surface area contributed by atoms with Crippen molar-refractivity contribution in [2.75, 3.05) is 16.9 Å². The highest BCUT2D eigenvalue weighted by atomic mass is 15.3. The Labute approximate surface area is 114 Å². The summed E-state index contributed by atoms with van der Waals surface area (Å²) in [7, 11) is 0. The van der Waals surface area contributed by atoms with Gasteiger partial charge in [-0.25, -0.2) is 0 Å². The lowest BCUT2D eigenvalue weighted by Gasteiger charge is -2.36. The maximum atomic E-state index is 3.59. The van der Waals surface area contributed by atoms with E-state index in [9.17, 15) is 0 Å². The number of hydrogen-bond donors (Lipinski definition) is 1. The number of nitrogens with zero attached hydrogens (tertiary/aromatic N) is 1. The molecule has 1 N–H and O–H groups in total. The molecule has 2 heteroatoms. The van der Waals surface area contributed by atoms with Crippen molar-refractivity contribution in [3.05, 3.63) is 36.4 Å². The number of hydrogen-bond acceptors (Lipinski definition) is 2. The van der Waals surface area contributed by atoms with Gasteiger partial charge in [0.25, 0.3) is 0 Å². The average molecular weight is 252 g/mol. The van der Waals surface area contributed by atoms with Gasteiger partial charge in [-0.3, -0.25) is 0 Å². The molecule has 1 fully saturated rings. The first kappa shape index (κ1) is 11.2. The predicted molar refractivity (Wildman–Crippen MR) is 81.7 cm³/mol. The molecule has 4 rings (SSSR count). The molecule has 1 saturated carbocycles. The zero-order chi connectivity index (χ0) is 12.8. The molecular formula is C17H20N2. The summed E-state index contributed by atoms with van der Waals surface area (Å²) in [5.41, 5.74) is 2.71. The van der Waals surface area contributed by atoms with E-state index < -0.39 is 0 Å². The highest BCUT2D eigenvalue weighted by Gasteiger charge is 2.29. The highest BCUT2D eigenvalue weighted by molar-refractivity contribution is 6.04. The van der Waals surface area contributed by atoms with Crippen LogP contribution in [-0.2, 0) is 0 Å². The summed E-state index contributed by atoms with van der Waals surface area (Å²) in [4.78, 5) is 2.58. The summed E-state index contributed by atoms with van der Waals surface area (Å²) in [6.45, 7) is 3.33. The van der Waals surface area contributed by atoms with E-state index in [1.54, 1.807) is 0 Å². The fourth-order valence-electron chi connectivity index (χ4n) is 3.75. The van der Waals surface area contributed by atoms with Crippen molar-refractivity contribution in [3.63, 3.8) is 0 Å². The van der Waals surface area contributed by atoms with Crippen LogP contribution in [-0.4, -0.2) is 12.7 Å². The van der Waals surface area contributed by atoms with E-state index in [2.05, 4.69) is 53.5 Å². The van der Waals surface area contributed by atoms with E-state index in [0.717, 1.165) is 12.6 Å². The third-order valence-corrected chi connectivity index (χ3v) is 4.74. The van der Waals surface area contributed by atoms with Gasteiger partial charge in [-0.05, 0) is 42.7 Å². The molecule has 0 aromatic heterocycles. The summed E-state index contributed by atoms with van der Waals surface area (Å²) in [6.07, 6.45) is 4.04. The quantitative estimate of drug-likeness (QED) is 0.817. The molecule has 1 aliphatic carbocycles. The minimum atomic E-state index is 0.710. The molecule has 1 heterocycles. The monoisotopic (exact) mass is 252 g/mol. The summed E-state index contributed by atoms with van der Waals surface area (Å²) < 4.78 is 0. The molecule has 2 aromatic rings. The van der Waals surface area contributed by atoms with Crippen LogP contribution in [0.4, 0.5) is 11.4 Å². The molecule has 2 unspecified atom stereocenters. The minimum absolute atomic E-state index is 0.710. The first-order chi connectivity index (χ1) is 9.33. The SMILES string of the molecule is CC1CCC(N2CNc3cccc4cccc2c34)C1. The van der Waals surface area contributed by atoms with Gasteiger partial charge in [0.15, 0.2) is 0 Å². The van der Waals surface area contributed by atoms with Gasteiger partial charge >= 0.3 is 0 Å². The Kier molecular flexibility index (Phi) is 2.44. The largest absolute Gasteiger partial charge is 0.367 e. The molecule has 0 saturated heterocycles. The molecular weight excluding hydrogens is 232 g/mol. The molecule has 2 nitrogen and oxygen atoms in total. The van der Waals surface area contributed by atoms with Crippen LogP contribution in [0.2, 0.25) is 0 Å². The van der Waals surface area contributed by atoms with Crippen molar-refractivity contribution in [3.8, 4) is 0 Å². The van der Waals surface area contributed by atoms with Gasteiger partial charge in [0.05, 0.1) is 6.67 Å². The van der Waals surface area contributed by atoms with Crippen molar-refractivity contribution < 1.29 is 0 Å². The third kappa shape index (κ3) is 1.70. The zero-order valence-corrected chi connectivity index (χ0v) is 11.4. The summed E-state index contributed by atoms with van der Waals surface area (Å²) in [5.74, 6) is 0.876. The molecule has 1 aliphatic heterocycles. The van der Waals surface area contributed by atoms with Crippen LogP contribution in [0, 0.1) is 5.92 Å². The molecule has 0 radical (unpaired) electrons. The first-order valence-electron chi connectivity index (χ1n) is 7.35. The van der Waals surface area contributed by atoms with Gasteiger partial charge in [0.1, 0.15) is 0 Å². The fourth-order valence-corrected chi connectivity index (χ4v) is 3.75. The first-order valence-corrected chi connectivity index (χ1v) is 7.35. The summed E-state index contributed by atoms with van der Waals surface area (Å²) in [5, 5.41) is 6.34. The Bertz CT molecular complexity index is 614. The smallest absolute Gasteiger partial charge is 0.0879 e. The van der Waals surface area contributed by atoms with E-state index >= 15 is 0 Å². The van der Waals surface area contributed by atoms with Crippen molar-refractivity contribution in [2.24, 2.45) is 5.92 Å². The van der Waals surface area contributed by atoms with Gasteiger partial charge in [0, 0.05) is 22.8 Å². The van der Waals surface area contributed by atoms with Crippen molar-refractivity contribution in [1.29, 1.82) is 0 Å². The Morgan fingerprint density at radius 3 is 2.74 bits per heavy atom. The number of rotatable bonds is 1. The molecule has 2 aromatic carbocycles. The molecule has 2 atom stereocenters. The molecule has 19 heavy (non-hydrogen) atoms. The summed E-state index contributed by atoms with van der Waals surface area (Å²) >= 11 is 0. The Morgan fingerprint density at radius 2 is 1.95 bits per heavy atom. The van der Waals surface area contributed by atoms with Crippen LogP contribution in [0.1, 0.15) is 26.2 Å². The van der Waals surface area contributed by atoms with Crippen LogP contribution in [0.3, 0.4) is 0 Å². The van der Waals surface area contributed by atoms with Crippen molar-refractivity contribution in [2.45, 2.75) is 32.2 Å².